The van der Waals surface area contributed by atoms with Gasteiger partial charge in [0.1, 0.15) is 12.4 Å². The van der Waals surface area contributed by atoms with E-state index in [1.165, 1.54) is 6.92 Å². The van der Waals surface area contributed by atoms with Crippen LogP contribution in [0.5, 0.6) is 5.75 Å². The molecule has 0 fully saturated rings. The van der Waals surface area contributed by atoms with Gasteiger partial charge in [-0.1, -0.05) is 13.0 Å². The molecule has 0 saturated heterocycles. The summed E-state index contributed by atoms with van der Waals surface area (Å²) >= 11 is 0. The number of carbonyl (C=O) groups is 1. The highest BCUT2D eigenvalue weighted by Gasteiger charge is 2.11. The largest absolute Gasteiger partial charge is 0.487 e. The maximum Gasteiger partial charge on any atom is 0.272 e. The smallest absolute Gasteiger partial charge is 0.272 e. The summed E-state index contributed by atoms with van der Waals surface area (Å²) in [5.41, 5.74) is 1.34. The number of rotatable bonds is 5. The highest BCUT2D eigenvalue weighted by molar-refractivity contribution is 5.97. The number of carbonyl (C=O) groups excluding carboxylic acids is 1. The molecule has 16 heavy (non-hydrogen) atoms. The first-order chi connectivity index (χ1) is 7.54. The lowest BCUT2D eigenvalue weighted by molar-refractivity contribution is 0.0802. The summed E-state index contributed by atoms with van der Waals surface area (Å²) in [6.45, 7) is 2.66. The van der Waals surface area contributed by atoms with Crippen LogP contribution in [0.1, 0.15) is 29.8 Å². The number of alkyl halides is 2. The third-order valence-corrected chi connectivity index (χ3v) is 2.20. The Labute approximate surface area is 93.2 Å². The van der Waals surface area contributed by atoms with Gasteiger partial charge in [0.15, 0.2) is 5.78 Å². The molecule has 1 aromatic carbocycles. The van der Waals surface area contributed by atoms with Crippen LogP contribution in [0.2, 0.25) is 0 Å². The van der Waals surface area contributed by atoms with Crippen LogP contribution < -0.4 is 4.74 Å². The molecule has 4 heteroatoms. The molecule has 0 aromatic heterocycles. The molecule has 0 radical (unpaired) electrons. The summed E-state index contributed by atoms with van der Waals surface area (Å²) in [7, 11) is 0. The molecule has 0 spiro atoms. The van der Waals surface area contributed by atoms with E-state index < -0.39 is 13.0 Å². The van der Waals surface area contributed by atoms with E-state index in [1.54, 1.807) is 18.2 Å². The molecule has 0 amide bonds. The van der Waals surface area contributed by atoms with Crippen molar-refractivity contribution < 1.29 is 18.3 Å². The van der Waals surface area contributed by atoms with Crippen molar-refractivity contribution in [2.45, 2.75) is 26.7 Å². The highest BCUT2D eigenvalue weighted by atomic mass is 19.3. The summed E-state index contributed by atoms with van der Waals surface area (Å²) in [5.74, 6) is 0.0459. The number of ketones is 1. The second-order valence-electron chi connectivity index (χ2n) is 3.44. The van der Waals surface area contributed by atoms with E-state index >= 15 is 0 Å². The van der Waals surface area contributed by atoms with E-state index in [-0.39, 0.29) is 11.5 Å². The number of Topliss-reactive ketones (excluding diaryl/α,β-unsaturated/α-hetero) is 1. The van der Waals surface area contributed by atoms with E-state index in [4.69, 9.17) is 4.74 Å². The molecule has 88 valence electrons. The Balaban J connectivity index is 2.94. The first-order valence-electron chi connectivity index (χ1n) is 5.09. The monoisotopic (exact) mass is 228 g/mol. The average Bonchev–Trinajstić information content (AvgIpc) is 2.25. The van der Waals surface area contributed by atoms with Gasteiger partial charge in [0, 0.05) is 0 Å². The lowest BCUT2D eigenvalue weighted by Gasteiger charge is -2.10. The van der Waals surface area contributed by atoms with Crippen LogP contribution >= 0.6 is 0 Å². The zero-order valence-electron chi connectivity index (χ0n) is 9.30. The second-order valence-corrected chi connectivity index (χ2v) is 3.44. The fourth-order valence-electron chi connectivity index (χ4n) is 1.35. The zero-order valence-corrected chi connectivity index (χ0v) is 9.30. The maximum absolute atomic E-state index is 12.0. The minimum absolute atomic E-state index is 0.181. The number of halogens is 2. The number of aryl methyl sites for hydroxylation is 1. The summed E-state index contributed by atoms with van der Waals surface area (Å²) in [5, 5.41) is 0. The van der Waals surface area contributed by atoms with Gasteiger partial charge >= 0.3 is 0 Å². The summed E-state index contributed by atoms with van der Waals surface area (Å²) in [4.78, 5) is 11.3. The van der Waals surface area contributed by atoms with Crippen molar-refractivity contribution in [3.05, 3.63) is 29.3 Å². The third kappa shape index (κ3) is 3.29. The number of ether oxygens (including phenoxy) is 1. The quantitative estimate of drug-likeness (QED) is 0.724. The van der Waals surface area contributed by atoms with Gasteiger partial charge in [-0.15, -0.1) is 0 Å². The second kappa shape index (κ2) is 5.58. The van der Waals surface area contributed by atoms with Gasteiger partial charge in [-0.3, -0.25) is 4.79 Å². The Morgan fingerprint density at radius 1 is 1.44 bits per heavy atom. The summed E-state index contributed by atoms with van der Waals surface area (Å²) in [6.07, 6.45) is -1.75. The Kier molecular flexibility index (Phi) is 4.40. The SMILES string of the molecule is CCc1ccc(OCC(F)F)c(C(C)=O)c1. The molecule has 0 aliphatic rings. The van der Waals surface area contributed by atoms with Gasteiger partial charge in [-0.05, 0) is 31.0 Å². The molecule has 0 unspecified atom stereocenters. The summed E-state index contributed by atoms with van der Waals surface area (Å²) in [6, 6.07) is 5.02. The molecule has 0 atom stereocenters. The van der Waals surface area contributed by atoms with Crippen molar-refractivity contribution in [3.8, 4) is 5.75 Å². The van der Waals surface area contributed by atoms with Crippen molar-refractivity contribution in [3.63, 3.8) is 0 Å². The van der Waals surface area contributed by atoms with Crippen molar-refractivity contribution in [2.24, 2.45) is 0 Å². The van der Waals surface area contributed by atoms with Gasteiger partial charge < -0.3 is 4.74 Å². The molecule has 2 nitrogen and oxygen atoms in total. The zero-order chi connectivity index (χ0) is 12.1. The number of hydrogen-bond donors (Lipinski definition) is 0. The fraction of sp³-hybridized carbons (Fsp3) is 0.417. The van der Waals surface area contributed by atoms with Crippen LogP contribution in [0.15, 0.2) is 18.2 Å². The minimum Gasteiger partial charge on any atom is -0.487 e. The van der Waals surface area contributed by atoms with Crippen molar-refractivity contribution in [1.29, 1.82) is 0 Å². The third-order valence-electron chi connectivity index (χ3n) is 2.20. The van der Waals surface area contributed by atoms with Gasteiger partial charge in [-0.2, -0.15) is 0 Å². The van der Waals surface area contributed by atoms with Crippen LogP contribution in [0, 0.1) is 0 Å². The topological polar surface area (TPSA) is 26.3 Å². The van der Waals surface area contributed by atoms with Crippen LogP contribution in [-0.2, 0) is 6.42 Å². The summed E-state index contributed by atoms with van der Waals surface area (Å²) < 4.78 is 28.9. The van der Waals surface area contributed by atoms with Crippen molar-refractivity contribution >= 4 is 5.78 Å². The normalized spacial score (nSPS) is 10.6. The maximum atomic E-state index is 12.0. The molecule has 0 aliphatic carbocycles. The Morgan fingerprint density at radius 3 is 2.62 bits per heavy atom. The molecule has 0 N–H and O–H groups in total. The van der Waals surface area contributed by atoms with E-state index in [1.807, 2.05) is 6.92 Å². The number of hydrogen-bond acceptors (Lipinski definition) is 2. The molecule has 0 heterocycles. The first-order valence-corrected chi connectivity index (χ1v) is 5.09. The molecule has 0 bridgehead atoms. The average molecular weight is 228 g/mol. The number of benzene rings is 1. The first kappa shape index (κ1) is 12.6. The van der Waals surface area contributed by atoms with E-state index in [0.717, 1.165) is 12.0 Å². The molecule has 1 rings (SSSR count). The van der Waals surface area contributed by atoms with Gasteiger partial charge in [0.25, 0.3) is 6.43 Å². The van der Waals surface area contributed by atoms with Crippen LogP contribution in [-0.4, -0.2) is 18.8 Å². The minimum atomic E-state index is -2.54. The predicted octanol–water partition coefficient (Wildman–Crippen LogP) is 3.10. The van der Waals surface area contributed by atoms with Gasteiger partial charge in [0.05, 0.1) is 5.56 Å². The van der Waals surface area contributed by atoms with Gasteiger partial charge in [-0.25, -0.2) is 8.78 Å². The van der Waals surface area contributed by atoms with Crippen molar-refractivity contribution in [2.75, 3.05) is 6.61 Å². The van der Waals surface area contributed by atoms with Crippen LogP contribution in [0.4, 0.5) is 8.78 Å². The molecule has 0 saturated carbocycles. The van der Waals surface area contributed by atoms with E-state index in [9.17, 15) is 13.6 Å². The fourth-order valence-corrected chi connectivity index (χ4v) is 1.35. The molecular formula is C12H14F2O2. The Bertz CT molecular complexity index is 375. The van der Waals surface area contributed by atoms with Crippen molar-refractivity contribution in [1.82, 2.24) is 0 Å². The lowest BCUT2D eigenvalue weighted by Crippen LogP contribution is -2.09. The van der Waals surface area contributed by atoms with Gasteiger partial charge in [0.2, 0.25) is 0 Å². The lowest BCUT2D eigenvalue weighted by atomic mass is 10.1. The molecule has 0 aliphatic heterocycles. The highest BCUT2D eigenvalue weighted by Crippen LogP contribution is 2.21. The van der Waals surface area contributed by atoms with Crippen LogP contribution in [0.25, 0.3) is 0 Å². The molecular weight excluding hydrogens is 214 g/mol. The van der Waals surface area contributed by atoms with Crippen LogP contribution in [0.3, 0.4) is 0 Å². The predicted molar refractivity (Wildman–Crippen MR) is 57.3 cm³/mol. The Morgan fingerprint density at radius 2 is 2.12 bits per heavy atom. The standard InChI is InChI=1S/C12H14F2O2/c1-3-9-4-5-11(16-7-12(13)14)10(6-9)8(2)15/h4-6,12H,3,7H2,1-2H3. The van der Waals surface area contributed by atoms with E-state index in [2.05, 4.69) is 0 Å². The van der Waals surface area contributed by atoms with E-state index in [0.29, 0.717) is 5.56 Å². The molecule has 1 aromatic rings. The Hall–Kier alpha value is -1.45.